The smallest absolute Gasteiger partial charge is 0.229 e. The van der Waals surface area contributed by atoms with E-state index in [2.05, 4.69) is 31.4 Å². The average molecular weight is 486 g/mol. The largest absolute Gasteiger partial charge is 0.504 e. The Kier molecular flexibility index (Phi) is 8.31. The fourth-order valence-corrected chi connectivity index (χ4v) is 5.56. The Hall–Kier alpha value is -2.23. The van der Waals surface area contributed by atoms with Gasteiger partial charge in [0, 0.05) is 16.0 Å². The van der Waals surface area contributed by atoms with Crippen molar-refractivity contribution in [1.82, 2.24) is 4.90 Å². The molecule has 0 aliphatic carbocycles. The zero-order valence-corrected chi connectivity index (χ0v) is 21.4. The second kappa shape index (κ2) is 10.8. The Balaban J connectivity index is 2.27. The van der Waals surface area contributed by atoms with Crippen LogP contribution in [0.15, 0.2) is 73.0 Å². The van der Waals surface area contributed by atoms with E-state index in [1.165, 1.54) is 0 Å². The molecule has 1 unspecified atom stereocenters. The van der Waals surface area contributed by atoms with Gasteiger partial charge in [-0.25, -0.2) is 0 Å². The molecule has 1 aliphatic rings. The second-order valence-corrected chi connectivity index (χ2v) is 10.0. The number of allylic oxidation sites excluding steroid dienone is 1. The number of carbonyl (C=O) groups excluding carboxylic acids is 1. The van der Waals surface area contributed by atoms with Gasteiger partial charge < -0.3 is 9.64 Å². The predicted molar refractivity (Wildman–Crippen MR) is 138 cm³/mol. The van der Waals surface area contributed by atoms with Crippen LogP contribution in [0.4, 0.5) is 0 Å². The number of piperidine rings is 1. The Morgan fingerprint density at radius 3 is 2.48 bits per heavy atom. The molecule has 1 aliphatic heterocycles. The third-order valence-corrected chi connectivity index (χ3v) is 7.22. The summed E-state index contributed by atoms with van der Waals surface area (Å²) in [5, 5.41) is 1.37. The van der Waals surface area contributed by atoms with Crippen LogP contribution in [-0.2, 0) is 9.53 Å². The third-order valence-electron chi connectivity index (χ3n) is 6.74. The number of halogens is 2. The van der Waals surface area contributed by atoms with E-state index in [-0.39, 0.29) is 23.9 Å². The van der Waals surface area contributed by atoms with Crippen molar-refractivity contribution in [3.8, 4) is 0 Å². The van der Waals surface area contributed by atoms with E-state index in [4.69, 9.17) is 27.9 Å². The lowest BCUT2D eigenvalue weighted by atomic mass is 9.67. The lowest BCUT2D eigenvalue weighted by Crippen LogP contribution is -2.55. The highest BCUT2D eigenvalue weighted by atomic mass is 35.5. The molecule has 0 bridgehead atoms. The molecule has 5 heteroatoms. The summed E-state index contributed by atoms with van der Waals surface area (Å²) < 4.78 is 5.34. The summed E-state index contributed by atoms with van der Waals surface area (Å²) in [6.07, 6.45) is 5.68. The number of amides is 1. The van der Waals surface area contributed by atoms with Crippen LogP contribution in [0.2, 0.25) is 10.0 Å². The van der Waals surface area contributed by atoms with Crippen LogP contribution in [0.5, 0.6) is 0 Å². The molecule has 1 saturated heterocycles. The summed E-state index contributed by atoms with van der Waals surface area (Å²) in [5.74, 6) is 0.188. The van der Waals surface area contributed by atoms with Gasteiger partial charge in [-0.15, -0.1) is 6.58 Å². The average Bonchev–Trinajstić information content (AvgIpc) is 2.78. The Labute approximate surface area is 208 Å². The monoisotopic (exact) mass is 485 g/mol. The van der Waals surface area contributed by atoms with Gasteiger partial charge in [0.25, 0.3) is 0 Å². The minimum atomic E-state index is -0.571. The maximum Gasteiger partial charge on any atom is 0.229 e. The number of nitrogens with zero attached hydrogens (tertiary/aromatic N) is 1. The molecule has 2 aromatic carbocycles. The van der Waals surface area contributed by atoms with E-state index in [0.29, 0.717) is 22.9 Å². The molecule has 1 fully saturated rings. The van der Waals surface area contributed by atoms with E-state index >= 15 is 0 Å². The van der Waals surface area contributed by atoms with Gasteiger partial charge >= 0.3 is 0 Å². The third kappa shape index (κ3) is 5.31. The number of rotatable bonds is 8. The predicted octanol–water partition coefficient (Wildman–Crippen LogP) is 7.96. The van der Waals surface area contributed by atoms with Crippen LogP contribution in [0, 0.1) is 5.41 Å². The van der Waals surface area contributed by atoms with Crippen LogP contribution in [0.1, 0.15) is 63.1 Å². The van der Waals surface area contributed by atoms with Gasteiger partial charge in [0.15, 0.2) is 0 Å². The summed E-state index contributed by atoms with van der Waals surface area (Å²) in [6, 6.07) is 15.6. The van der Waals surface area contributed by atoms with Gasteiger partial charge in [-0.2, -0.15) is 0 Å². The van der Waals surface area contributed by atoms with Crippen molar-refractivity contribution in [2.75, 3.05) is 7.11 Å². The quantitative estimate of drug-likeness (QED) is 0.280. The lowest BCUT2D eigenvalue weighted by Gasteiger charge is -2.52. The highest BCUT2D eigenvalue weighted by Crippen LogP contribution is 2.52. The number of carbonyl (C=O) groups is 1. The zero-order valence-electron chi connectivity index (χ0n) is 19.9. The highest BCUT2D eigenvalue weighted by molar-refractivity contribution is 6.30. The maximum absolute atomic E-state index is 14.2. The molecule has 176 valence electrons. The first kappa shape index (κ1) is 25.4. The molecule has 0 saturated carbocycles. The minimum absolute atomic E-state index is 0.0527. The van der Waals surface area contributed by atoms with Crippen LogP contribution in [-0.4, -0.2) is 24.0 Å². The van der Waals surface area contributed by atoms with Crippen molar-refractivity contribution < 1.29 is 9.53 Å². The summed E-state index contributed by atoms with van der Waals surface area (Å²) in [5.41, 5.74) is 2.62. The van der Waals surface area contributed by atoms with Crippen molar-refractivity contribution in [2.24, 2.45) is 5.41 Å². The molecule has 0 spiro atoms. The fraction of sp³-hybridized carbons (Fsp3) is 0.393. The van der Waals surface area contributed by atoms with E-state index in [9.17, 15) is 4.79 Å². The van der Waals surface area contributed by atoms with Crippen LogP contribution in [0.3, 0.4) is 0 Å². The Morgan fingerprint density at radius 2 is 1.91 bits per heavy atom. The first-order chi connectivity index (χ1) is 15.8. The summed E-state index contributed by atoms with van der Waals surface area (Å²) in [7, 11) is 1.64. The molecule has 3 nitrogen and oxygen atoms in total. The van der Waals surface area contributed by atoms with Gasteiger partial charge in [0.2, 0.25) is 5.91 Å². The number of ether oxygens (including phenoxy) is 1. The van der Waals surface area contributed by atoms with Crippen molar-refractivity contribution >= 4 is 29.1 Å². The highest BCUT2D eigenvalue weighted by Gasteiger charge is 2.51. The number of benzene rings is 2. The van der Waals surface area contributed by atoms with Crippen molar-refractivity contribution in [1.29, 1.82) is 0 Å². The molecule has 1 amide bonds. The minimum Gasteiger partial charge on any atom is -0.504 e. The molecule has 0 N–H and O–H groups in total. The van der Waals surface area contributed by atoms with E-state index in [1.54, 1.807) is 13.4 Å². The van der Waals surface area contributed by atoms with E-state index < -0.39 is 5.41 Å². The molecular formula is C28H33Cl2NO2. The Bertz CT molecular complexity index is 1020. The summed E-state index contributed by atoms with van der Waals surface area (Å²) in [6.45, 7) is 10.1. The maximum atomic E-state index is 14.2. The summed E-state index contributed by atoms with van der Waals surface area (Å²) in [4.78, 5) is 16.3. The first-order valence-corrected chi connectivity index (χ1v) is 12.1. The molecule has 4 atom stereocenters. The molecule has 0 aromatic heterocycles. The number of hydrogen-bond acceptors (Lipinski definition) is 2. The van der Waals surface area contributed by atoms with Gasteiger partial charge in [0.1, 0.15) is 0 Å². The molecule has 3 rings (SSSR count). The molecule has 0 radical (unpaired) electrons. The van der Waals surface area contributed by atoms with Crippen molar-refractivity contribution in [2.45, 2.75) is 58.0 Å². The summed E-state index contributed by atoms with van der Waals surface area (Å²) >= 11 is 12.6. The topological polar surface area (TPSA) is 29.5 Å². The lowest BCUT2D eigenvalue weighted by molar-refractivity contribution is -0.153. The fourth-order valence-electron chi connectivity index (χ4n) is 5.23. The van der Waals surface area contributed by atoms with Crippen LogP contribution < -0.4 is 0 Å². The normalized spacial score (nSPS) is 24.5. The molecule has 1 heterocycles. The van der Waals surface area contributed by atoms with E-state index in [0.717, 1.165) is 23.1 Å². The SMILES string of the molecule is C=CC[C@@]1(C)C[C@H](c2cccc(Cl)c2)[C@@H](c2ccc(Cl)cc2)N(C(CC)/C(C)=C/OC)C1=O. The van der Waals surface area contributed by atoms with Gasteiger partial charge in [-0.3, -0.25) is 4.79 Å². The number of hydrogen-bond donors (Lipinski definition) is 0. The second-order valence-electron chi connectivity index (χ2n) is 9.15. The van der Waals surface area contributed by atoms with Gasteiger partial charge in [0.05, 0.1) is 30.9 Å². The van der Waals surface area contributed by atoms with Crippen molar-refractivity contribution in [3.05, 3.63) is 94.2 Å². The van der Waals surface area contributed by atoms with Crippen LogP contribution in [0.25, 0.3) is 0 Å². The molecular weight excluding hydrogens is 453 g/mol. The van der Waals surface area contributed by atoms with Gasteiger partial charge in [-0.1, -0.05) is 67.4 Å². The van der Waals surface area contributed by atoms with Crippen molar-refractivity contribution in [3.63, 3.8) is 0 Å². The number of likely N-dealkylation sites (tertiary alicyclic amines) is 1. The molecule has 33 heavy (non-hydrogen) atoms. The zero-order chi connectivity index (χ0) is 24.2. The standard InChI is InChI=1S/C28H33Cl2NO2/c1-6-15-28(4)17-24(21-9-8-10-23(30)16-21)26(20-11-13-22(29)14-12-20)31(27(28)32)25(7-2)19(3)18-33-5/h6,8-14,16,18,24-26H,1,7,15,17H2,2-5H3/b19-18+/t24-,25?,26-,28+/m1/s1. The number of methoxy groups -OCH3 is 1. The van der Waals surface area contributed by atoms with E-state index in [1.807, 2.05) is 55.5 Å². The van der Waals surface area contributed by atoms with Gasteiger partial charge in [-0.05, 0) is 67.2 Å². The Morgan fingerprint density at radius 1 is 1.21 bits per heavy atom. The molecule has 2 aromatic rings. The van der Waals surface area contributed by atoms with Crippen LogP contribution >= 0.6 is 23.2 Å². The first-order valence-electron chi connectivity index (χ1n) is 11.4.